The number of carboxylic acid groups (broad SMARTS) is 1. The molecule has 1 saturated heterocycles. The number of aliphatic hydroxyl groups excluding tert-OH is 1. The second kappa shape index (κ2) is 51.3. The van der Waals surface area contributed by atoms with E-state index in [9.17, 15) is 87.2 Å². The third kappa shape index (κ3) is 35.4. The Labute approximate surface area is 661 Å². The second-order valence-electron chi connectivity index (χ2n) is 29.7. The summed E-state index contributed by atoms with van der Waals surface area (Å²) in [7, 11) is 0. The van der Waals surface area contributed by atoms with Gasteiger partial charge in [0.05, 0.1) is 18.6 Å². The summed E-state index contributed by atoms with van der Waals surface area (Å²) in [5, 5.41) is 61.1. The molecule has 0 spiro atoms. The number of aliphatic hydroxyl groups is 1. The van der Waals surface area contributed by atoms with E-state index in [0.717, 1.165) is 0 Å². The first kappa shape index (κ1) is 98.6. The maximum Gasteiger partial charge on any atom is 0.327 e. The third-order valence-corrected chi connectivity index (χ3v) is 19.3. The zero-order chi connectivity index (χ0) is 83.9. The monoisotopic (exact) mass is 1610 g/mol. The summed E-state index contributed by atoms with van der Waals surface area (Å²) in [4.78, 5) is 209. The Morgan fingerprint density at radius 2 is 0.874 bits per heavy atom. The number of aliphatic carboxylic acids is 1. The van der Waals surface area contributed by atoms with Crippen LogP contribution in [0, 0.1) is 23.7 Å². The van der Waals surface area contributed by atoms with Crippen molar-refractivity contribution in [2.24, 2.45) is 52.3 Å². The van der Waals surface area contributed by atoms with Crippen molar-refractivity contribution in [2.75, 3.05) is 37.7 Å². The van der Waals surface area contributed by atoms with E-state index in [1.807, 2.05) is 13.8 Å². The topological polar surface area (TPSA) is 594 Å². The van der Waals surface area contributed by atoms with Crippen molar-refractivity contribution in [1.82, 2.24) is 68.7 Å². The molecule has 0 aliphatic carbocycles. The minimum absolute atomic E-state index is 0.0111. The number of nitrogens with two attached hydrogens (primary N) is 5. The van der Waals surface area contributed by atoms with Crippen LogP contribution in [0.3, 0.4) is 0 Å². The van der Waals surface area contributed by atoms with Gasteiger partial charge in [0.2, 0.25) is 82.7 Å². The fourth-order valence-electron chi connectivity index (χ4n) is 12.1. The lowest BCUT2D eigenvalue weighted by Gasteiger charge is -2.33. The molecule has 0 bridgehead atoms. The highest BCUT2D eigenvalue weighted by Gasteiger charge is 2.43. The predicted octanol–water partition coefficient (Wildman–Crippen LogP) is -3.14. The molecule has 1 heterocycles. The summed E-state index contributed by atoms with van der Waals surface area (Å²) >= 11 is 8.21. The minimum Gasteiger partial charge on any atom is -0.508 e. The molecule has 0 radical (unpaired) electrons. The molecule has 1 aliphatic heterocycles. The SMILES string of the molecule is CC[C@H](C)[C@H](NC(=O)[C@H](CC(C)C)NC(=O)[C@H](CCCCN)NC(=O)[C@H](CC(N)=O)NC(=O)[C@H](CS)NC(=O)[C@H](CCCCN)NC(=O)[C@@H](N)CC(C)C)C(=O)N1CCC[C@H]1C(=O)N[C@@H](CC(C)C)C(=O)N[C@@H](C)C(=O)N[C@@H](Cc1ccc(O)cc1)C(=O)N[C@@H](CCCCN)C(=O)N[C@H](C(=O)N[C@@H](CS)C(=O)O)[C@@H](C)O. The molecule has 0 unspecified atom stereocenters. The summed E-state index contributed by atoms with van der Waals surface area (Å²) in [5.41, 5.74) is 29.4. The molecule has 1 fully saturated rings. The number of carbonyl (C=O) groups is 15. The van der Waals surface area contributed by atoms with E-state index in [0.29, 0.717) is 57.1 Å². The minimum atomic E-state index is -1.72. The Hall–Kier alpha value is -8.43. The lowest BCUT2D eigenvalue weighted by Crippen LogP contribution is -2.62. The lowest BCUT2D eigenvalue weighted by atomic mass is 9.95. The van der Waals surface area contributed by atoms with Gasteiger partial charge in [0, 0.05) is 24.5 Å². The molecule has 1 aromatic carbocycles. The molecular weight excluding hydrogens is 1480 g/mol. The van der Waals surface area contributed by atoms with Crippen molar-refractivity contribution in [3.05, 3.63) is 29.8 Å². The Kier molecular flexibility index (Phi) is 45.6. The maximum atomic E-state index is 15.0. The van der Waals surface area contributed by atoms with Gasteiger partial charge < -0.3 is 113 Å². The highest BCUT2D eigenvalue weighted by Crippen LogP contribution is 2.24. The molecular formula is C73H126N18O18S2. The quantitative estimate of drug-likeness (QED) is 0.0226. The van der Waals surface area contributed by atoms with Gasteiger partial charge >= 0.3 is 5.97 Å². The van der Waals surface area contributed by atoms with Crippen LogP contribution >= 0.6 is 25.3 Å². The van der Waals surface area contributed by atoms with Crippen LogP contribution in [0.5, 0.6) is 5.75 Å². The predicted molar refractivity (Wildman–Crippen MR) is 421 cm³/mol. The number of thiol groups is 2. The number of amides is 14. The highest BCUT2D eigenvalue weighted by molar-refractivity contribution is 7.80. The maximum absolute atomic E-state index is 15.0. The van der Waals surface area contributed by atoms with E-state index in [2.05, 4.69) is 89.1 Å². The molecule has 0 saturated carbocycles. The summed E-state index contributed by atoms with van der Waals surface area (Å²) in [5.74, 6) is -15.3. The van der Waals surface area contributed by atoms with Gasteiger partial charge in [-0.25, -0.2) is 4.79 Å². The van der Waals surface area contributed by atoms with E-state index in [1.165, 1.54) is 43.0 Å². The Morgan fingerprint density at radius 1 is 0.477 bits per heavy atom. The standard InChI is InChI=1S/C73H126N18O18S2/c1-11-41(8)58(89-68(103)51(33-40(6)7)84-62(97)48(20-13-16-28-75)81-67(102)53(35-57(78)94)85-69(104)54(36-110)87-63(98)47(19-12-15-27-74)80-61(96)46(77)31-38(2)3)72(107)91-30-18-22-56(91)70(105)86-50(32-39(4)5)65(100)79-42(9)60(95)83-52(34-44-23-25-45(93)26-24-44)66(101)82-49(21-14-17-29-76)64(99)90-59(43(10)92)71(106)88-55(37-111)73(108)109/h23-26,38-43,46-56,58-59,92-93,110-111H,11-22,27-37,74-77H2,1-10H3,(H2,78,94)(H,79,100)(H,80,96)(H,81,102)(H,82,101)(H,83,95)(H,84,97)(H,85,104)(H,86,105)(H,87,98)(H,88,106)(H,89,103)(H,90,99)(H,108,109)/t41-,42-,43+,46-,47-,48-,49-,50-,51-,52-,53-,54-,55-,56-,58-,59-/m0/s1. The van der Waals surface area contributed by atoms with E-state index in [-0.39, 0.29) is 112 Å². The van der Waals surface area contributed by atoms with Gasteiger partial charge in [0.1, 0.15) is 84.3 Å². The zero-order valence-electron chi connectivity index (χ0n) is 65.7. The van der Waals surface area contributed by atoms with Crippen molar-refractivity contribution >= 4 is 114 Å². The summed E-state index contributed by atoms with van der Waals surface area (Å²) in [6.07, 6.45) is 0.910. The summed E-state index contributed by atoms with van der Waals surface area (Å²) < 4.78 is 0. The van der Waals surface area contributed by atoms with E-state index < -0.39 is 192 Å². The van der Waals surface area contributed by atoms with Crippen molar-refractivity contribution in [3.8, 4) is 5.75 Å². The molecule has 14 amide bonds. The number of carboxylic acids is 1. The largest absolute Gasteiger partial charge is 0.508 e. The molecule has 111 heavy (non-hydrogen) atoms. The van der Waals surface area contributed by atoms with Crippen LogP contribution in [0.1, 0.15) is 178 Å². The van der Waals surface area contributed by atoms with Crippen molar-refractivity contribution in [2.45, 2.75) is 269 Å². The van der Waals surface area contributed by atoms with Crippen molar-refractivity contribution in [3.63, 3.8) is 0 Å². The number of primary amides is 1. The van der Waals surface area contributed by atoms with Gasteiger partial charge in [-0.05, 0) is 165 Å². The van der Waals surface area contributed by atoms with Gasteiger partial charge in [-0.3, -0.25) is 67.1 Å². The number of aromatic hydroxyl groups is 1. The Morgan fingerprint density at radius 3 is 1.33 bits per heavy atom. The van der Waals surface area contributed by atoms with Crippen LogP contribution in [-0.2, 0) is 78.3 Å². The van der Waals surface area contributed by atoms with E-state index >= 15 is 0 Å². The molecule has 1 aromatic rings. The molecule has 25 N–H and O–H groups in total. The first-order chi connectivity index (χ1) is 52.3. The molecule has 2 rings (SSSR count). The van der Waals surface area contributed by atoms with Crippen molar-refractivity contribution < 1.29 is 87.2 Å². The number of phenols is 1. The average molecular weight is 1610 g/mol. The van der Waals surface area contributed by atoms with Crippen LogP contribution in [0.15, 0.2) is 24.3 Å². The number of nitrogens with one attached hydrogen (secondary N) is 12. The van der Waals surface area contributed by atoms with Gasteiger partial charge in [-0.15, -0.1) is 0 Å². The number of nitrogens with zero attached hydrogens (tertiary/aromatic N) is 1. The number of rotatable bonds is 53. The van der Waals surface area contributed by atoms with Gasteiger partial charge in [-0.1, -0.05) is 73.9 Å². The number of phenolic OH excluding ortho intramolecular Hbond substituents is 1. The van der Waals surface area contributed by atoms with Crippen molar-refractivity contribution in [1.29, 1.82) is 0 Å². The van der Waals surface area contributed by atoms with Gasteiger partial charge in [0.25, 0.3) is 0 Å². The van der Waals surface area contributed by atoms with Crippen LogP contribution in [0.2, 0.25) is 0 Å². The van der Waals surface area contributed by atoms with Crippen LogP contribution in [0.25, 0.3) is 0 Å². The summed E-state index contributed by atoms with van der Waals surface area (Å²) in [6.45, 7) is 17.6. The first-order valence-corrected chi connectivity index (χ1v) is 39.5. The molecule has 628 valence electrons. The van der Waals surface area contributed by atoms with Crippen LogP contribution in [0.4, 0.5) is 0 Å². The Balaban J connectivity index is 2.45. The van der Waals surface area contributed by atoms with Gasteiger partial charge in [-0.2, -0.15) is 25.3 Å². The molecule has 36 nitrogen and oxygen atoms in total. The second-order valence-corrected chi connectivity index (χ2v) is 30.4. The molecule has 38 heteroatoms. The first-order valence-electron chi connectivity index (χ1n) is 38.3. The fraction of sp³-hybridized carbons (Fsp3) is 0.712. The number of benzene rings is 1. The smallest absolute Gasteiger partial charge is 0.327 e. The van der Waals surface area contributed by atoms with E-state index in [1.54, 1.807) is 41.5 Å². The number of carbonyl (C=O) groups excluding carboxylic acids is 14. The van der Waals surface area contributed by atoms with Gasteiger partial charge in [0.15, 0.2) is 0 Å². The fourth-order valence-corrected chi connectivity index (χ4v) is 12.6. The molecule has 1 aliphatic rings. The Bertz CT molecular complexity index is 3230. The molecule has 16 atom stereocenters. The number of likely N-dealkylation sites (tertiary alicyclic amines) is 1. The zero-order valence-corrected chi connectivity index (χ0v) is 67.5. The highest BCUT2D eigenvalue weighted by atomic mass is 32.1. The number of unbranched alkanes of at least 4 members (excludes halogenated alkanes) is 3. The van der Waals surface area contributed by atoms with E-state index in [4.69, 9.17) is 28.7 Å². The van der Waals surface area contributed by atoms with Crippen LogP contribution < -0.4 is 92.5 Å². The number of hydrogen-bond donors (Lipinski definition) is 22. The normalized spacial score (nSPS) is 16.8. The third-order valence-electron chi connectivity index (χ3n) is 18.6. The number of hydrogen-bond acceptors (Lipinski definition) is 23. The lowest BCUT2D eigenvalue weighted by molar-refractivity contribution is -0.143. The van der Waals surface area contributed by atoms with Crippen LogP contribution in [-0.4, -0.2) is 237 Å². The average Bonchev–Trinajstić information content (AvgIpc) is 1.75. The summed E-state index contributed by atoms with van der Waals surface area (Å²) in [6, 6.07) is -13.6. The molecule has 0 aromatic heterocycles.